The molecule has 0 saturated carbocycles. The van der Waals surface area contributed by atoms with Gasteiger partial charge in [0.15, 0.2) is 3.95 Å². The SMILES string of the molecule is Cc1csc(=S)n1-c1ccccc1NC(=O)c1cc(C(F)(F)F)cc(C(F)(F)F)c1. The predicted molar refractivity (Wildman–Crippen MR) is 104 cm³/mol. The Morgan fingerprint density at radius 2 is 1.57 bits per heavy atom. The quantitative estimate of drug-likeness (QED) is 0.341. The average Bonchev–Trinajstić information content (AvgIpc) is 2.99. The molecular weight excluding hydrogens is 450 g/mol. The number of benzene rings is 2. The number of rotatable bonds is 3. The second kappa shape index (κ2) is 7.88. The minimum absolute atomic E-state index is 0.0290. The van der Waals surface area contributed by atoms with Gasteiger partial charge in [-0.2, -0.15) is 26.3 Å². The van der Waals surface area contributed by atoms with E-state index in [4.69, 9.17) is 12.2 Å². The van der Waals surface area contributed by atoms with Crippen LogP contribution in [0.4, 0.5) is 32.0 Å². The number of para-hydroxylation sites is 2. The first-order chi connectivity index (χ1) is 13.9. The highest BCUT2D eigenvalue weighted by molar-refractivity contribution is 7.73. The maximum atomic E-state index is 13.1. The van der Waals surface area contributed by atoms with Crippen molar-refractivity contribution in [3.05, 3.63) is 74.2 Å². The van der Waals surface area contributed by atoms with Crippen LogP contribution in [-0.4, -0.2) is 10.5 Å². The molecule has 3 aromatic rings. The second-order valence-electron chi connectivity index (χ2n) is 6.24. The fourth-order valence-corrected chi connectivity index (χ4v) is 3.84. The zero-order valence-corrected chi connectivity index (χ0v) is 16.7. The third kappa shape index (κ3) is 4.57. The van der Waals surface area contributed by atoms with Crippen molar-refractivity contribution in [1.29, 1.82) is 0 Å². The van der Waals surface area contributed by atoms with E-state index in [1.807, 2.05) is 0 Å². The van der Waals surface area contributed by atoms with Crippen LogP contribution in [0.5, 0.6) is 0 Å². The Labute approximate surface area is 175 Å². The number of carbonyl (C=O) groups is 1. The van der Waals surface area contributed by atoms with Crippen LogP contribution >= 0.6 is 23.6 Å². The Balaban J connectivity index is 2.05. The summed E-state index contributed by atoms with van der Waals surface area (Å²) < 4.78 is 80.4. The third-order valence-electron chi connectivity index (χ3n) is 4.11. The Morgan fingerprint density at radius 1 is 1.00 bits per heavy atom. The van der Waals surface area contributed by atoms with Gasteiger partial charge in [-0.25, -0.2) is 0 Å². The van der Waals surface area contributed by atoms with Crippen LogP contribution in [-0.2, 0) is 12.4 Å². The van der Waals surface area contributed by atoms with Gasteiger partial charge in [0, 0.05) is 16.6 Å². The molecule has 0 fully saturated rings. The van der Waals surface area contributed by atoms with Gasteiger partial charge in [-0.1, -0.05) is 12.1 Å². The molecule has 0 aliphatic rings. The Morgan fingerprint density at radius 3 is 2.07 bits per heavy atom. The van der Waals surface area contributed by atoms with E-state index in [-0.39, 0.29) is 11.8 Å². The summed E-state index contributed by atoms with van der Waals surface area (Å²) >= 11 is 6.53. The normalized spacial score (nSPS) is 12.1. The van der Waals surface area contributed by atoms with Gasteiger partial charge in [0.05, 0.1) is 22.5 Å². The molecule has 3 rings (SSSR count). The van der Waals surface area contributed by atoms with E-state index in [0.717, 1.165) is 5.69 Å². The van der Waals surface area contributed by atoms with Crippen molar-refractivity contribution in [2.24, 2.45) is 0 Å². The zero-order chi connectivity index (χ0) is 22.3. The monoisotopic (exact) mass is 462 g/mol. The van der Waals surface area contributed by atoms with E-state index in [9.17, 15) is 31.1 Å². The average molecular weight is 462 g/mol. The van der Waals surface area contributed by atoms with Gasteiger partial charge in [-0.15, -0.1) is 11.3 Å². The lowest BCUT2D eigenvalue weighted by atomic mass is 10.0. The number of hydrogen-bond acceptors (Lipinski definition) is 3. The number of thiazole rings is 1. The van der Waals surface area contributed by atoms with Crippen LogP contribution < -0.4 is 5.32 Å². The van der Waals surface area contributed by atoms with Gasteiger partial charge in [0.2, 0.25) is 0 Å². The number of amides is 1. The molecule has 0 unspecified atom stereocenters. The van der Waals surface area contributed by atoms with E-state index >= 15 is 0 Å². The molecule has 158 valence electrons. The Hall–Kier alpha value is -2.66. The topological polar surface area (TPSA) is 34.0 Å². The first-order valence-electron chi connectivity index (χ1n) is 8.25. The van der Waals surface area contributed by atoms with Gasteiger partial charge in [-0.05, 0) is 49.5 Å². The highest BCUT2D eigenvalue weighted by Crippen LogP contribution is 2.36. The van der Waals surface area contributed by atoms with E-state index < -0.39 is 35.0 Å². The molecule has 2 aromatic carbocycles. The van der Waals surface area contributed by atoms with Gasteiger partial charge in [0.1, 0.15) is 0 Å². The summed E-state index contributed by atoms with van der Waals surface area (Å²) in [5.74, 6) is -1.11. The van der Waals surface area contributed by atoms with Gasteiger partial charge < -0.3 is 5.32 Å². The number of nitrogens with zero attached hydrogens (tertiary/aromatic N) is 1. The number of alkyl halides is 6. The maximum absolute atomic E-state index is 13.1. The zero-order valence-electron chi connectivity index (χ0n) is 15.1. The number of anilines is 1. The van der Waals surface area contributed by atoms with Gasteiger partial charge in [0.25, 0.3) is 5.91 Å². The smallest absolute Gasteiger partial charge is 0.320 e. The minimum atomic E-state index is -5.05. The first kappa shape index (κ1) is 22.0. The molecule has 0 aliphatic heterocycles. The number of aryl methyl sites for hydroxylation is 1. The summed E-state index contributed by atoms with van der Waals surface area (Å²) in [4.78, 5) is 12.6. The second-order valence-corrected chi connectivity index (χ2v) is 7.75. The standard InChI is InChI=1S/C19H12F6N2OS2/c1-10-9-30-17(29)27(10)15-5-3-2-4-14(15)26-16(28)11-6-12(18(20,21)22)8-13(7-11)19(23,24)25/h2-9H,1H3,(H,26,28). The lowest BCUT2D eigenvalue weighted by Gasteiger charge is -2.16. The molecule has 1 heterocycles. The number of halogens is 6. The van der Waals surface area contributed by atoms with E-state index in [1.165, 1.54) is 17.4 Å². The number of aromatic nitrogens is 1. The molecule has 0 saturated heterocycles. The summed E-state index contributed by atoms with van der Waals surface area (Å²) in [5.41, 5.74) is -2.51. The Bertz CT molecular complexity index is 1130. The molecule has 1 N–H and O–H groups in total. The summed E-state index contributed by atoms with van der Waals surface area (Å²) in [7, 11) is 0. The molecule has 0 radical (unpaired) electrons. The van der Waals surface area contributed by atoms with E-state index in [2.05, 4.69) is 5.32 Å². The first-order valence-corrected chi connectivity index (χ1v) is 9.54. The summed E-state index contributed by atoms with van der Waals surface area (Å²) in [5, 5.41) is 4.17. The molecule has 1 amide bonds. The lowest BCUT2D eigenvalue weighted by molar-refractivity contribution is -0.143. The van der Waals surface area contributed by atoms with Crippen LogP contribution in [0, 0.1) is 10.9 Å². The van der Waals surface area contributed by atoms with Crippen molar-refractivity contribution in [2.45, 2.75) is 19.3 Å². The van der Waals surface area contributed by atoms with Crippen molar-refractivity contribution in [1.82, 2.24) is 4.57 Å². The van der Waals surface area contributed by atoms with Crippen LogP contribution in [0.3, 0.4) is 0 Å². The molecule has 0 bridgehead atoms. The van der Waals surface area contributed by atoms with Crippen molar-refractivity contribution in [2.75, 3.05) is 5.32 Å². The number of hydrogen-bond donors (Lipinski definition) is 1. The van der Waals surface area contributed by atoms with Gasteiger partial charge in [-0.3, -0.25) is 9.36 Å². The van der Waals surface area contributed by atoms with Crippen molar-refractivity contribution in [3.8, 4) is 5.69 Å². The Kier molecular flexibility index (Phi) is 5.79. The maximum Gasteiger partial charge on any atom is 0.416 e. The number of nitrogens with one attached hydrogen (secondary N) is 1. The van der Waals surface area contributed by atoms with Crippen molar-refractivity contribution < 1.29 is 31.1 Å². The number of carbonyl (C=O) groups excluding carboxylic acids is 1. The summed E-state index contributed by atoms with van der Waals surface area (Å²) in [6.45, 7) is 1.77. The molecule has 0 atom stereocenters. The van der Waals surface area contributed by atoms with E-state index in [1.54, 1.807) is 35.1 Å². The molecule has 0 spiro atoms. The lowest BCUT2D eigenvalue weighted by Crippen LogP contribution is -2.18. The van der Waals surface area contributed by atoms with Crippen LogP contribution in [0.15, 0.2) is 47.8 Å². The van der Waals surface area contributed by atoms with Crippen LogP contribution in [0.25, 0.3) is 5.69 Å². The highest BCUT2D eigenvalue weighted by atomic mass is 32.1. The molecule has 11 heteroatoms. The summed E-state index contributed by atoms with van der Waals surface area (Å²) in [6, 6.07) is 7.07. The highest BCUT2D eigenvalue weighted by Gasteiger charge is 2.37. The molecule has 1 aromatic heterocycles. The minimum Gasteiger partial charge on any atom is -0.320 e. The van der Waals surface area contributed by atoms with Crippen molar-refractivity contribution in [3.63, 3.8) is 0 Å². The van der Waals surface area contributed by atoms with Crippen molar-refractivity contribution >= 4 is 35.1 Å². The van der Waals surface area contributed by atoms with Gasteiger partial charge >= 0.3 is 12.4 Å². The molecule has 30 heavy (non-hydrogen) atoms. The molecule has 3 nitrogen and oxygen atoms in total. The molecular formula is C19H12F6N2OS2. The van der Waals surface area contributed by atoms with E-state index in [0.29, 0.717) is 21.8 Å². The fraction of sp³-hybridized carbons (Fsp3) is 0.158. The van der Waals surface area contributed by atoms with Crippen LogP contribution in [0.2, 0.25) is 0 Å². The summed E-state index contributed by atoms with van der Waals surface area (Å²) in [6.07, 6.45) is -10.1. The third-order valence-corrected chi connectivity index (χ3v) is 5.42. The predicted octanol–water partition coefficient (Wildman–Crippen LogP) is 6.87. The fourth-order valence-electron chi connectivity index (χ4n) is 2.73. The molecule has 0 aliphatic carbocycles. The largest absolute Gasteiger partial charge is 0.416 e. The van der Waals surface area contributed by atoms with Crippen LogP contribution in [0.1, 0.15) is 27.2 Å².